The first-order valence-corrected chi connectivity index (χ1v) is 13.6. The normalized spacial score (nSPS) is 46.3. The van der Waals surface area contributed by atoms with E-state index >= 15 is 0 Å². The third kappa shape index (κ3) is 2.95. The quantitative estimate of drug-likeness (QED) is 0.568. The third-order valence-corrected chi connectivity index (χ3v) is 12.1. The van der Waals surface area contributed by atoms with Crippen LogP contribution in [0.3, 0.4) is 0 Å². The minimum Gasteiger partial charge on any atom is -0.450 e. The highest BCUT2D eigenvalue weighted by molar-refractivity contribution is 6.01. The van der Waals surface area contributed by atoms with Crippen molar-refractivity contribution in [3.05, 3.63) is 23.8 Å². The van der Waals surface area contributed by atoms with Crippen LogP contribution in [0.25, 0.3) is 0 Å². The maximum atomic E-state index is 13.6. The number of aliphatic hydroxyl groups is 2. The Morgan fingerprint density at radius 2 is 1.75 bits per heavy atom. The molecule has 5 aliphatic carbocycles. The van der Waals surface area contributed by atoms with Crippen LogP contribution in [0.15, 0.2) is 23.8 Å². The van der Waals surface area contributed by atoms with Crippen LogP contribution in [0.2, 0.25) is 0 Å². The Hall–Kier alpha value is -1.79. The topological polar surface area (TPSA) is 101 Å². The first-order valence-electron chi connectivity index (χ1n) is 13.6. The smallest absolute Gasteiger partial charge is 0.311 e. The molecule has 5 aliphatic rings. The molecule has 198 valence electrons. The van der Waals surface area contributed by atoms with Crippen LogP contribution in [0.1, 0.15) is 74.1 Å². The van der Waals surface area contributed by atoms with Gasteiger partial charge in [-0.05, 0) is 60.5 Å². The summed E-state index contributed by atoms with van der Waals surface area (Å²) in [6, 6.07) is 0. The van der Waals surface area contributed by atoms with Gasteiger partial charge in [-0.15, -0.1) is 0 Å². The van der Waals surface area contributed by atoms with Crippen LogP contribution in [0.4, 0.5) is 0 Å². The van der Waals surface area contributed by atoms with Gasteiger partial charge in [0.1, 0.15) is 6.61 Å². The third-order valence-electron chi connectivity index (χ3n) is 12.1. The number of Topliss-reactive ketones (excluding diaryl/α,β-unsaturated/α-hetero) is 1. The predicted molar refractivity (Wildman–Crippen MR) is 135 cm³/mol. The summed E-state index contributed by atoms with van der Waals surface area (Å²) in [5, 5.41) is 21.8. The van der Waals surface area contributed by atoms with E-state index in [0.717, 1.165) is 18.4 Å². The van der Waals surface area contributed by atoms with Crippen molar-refractivity contribution in [2.45, 2.75) is 85.9 Å². The molecule has 4 fully saturated rings. The fourth-order valence-electron chi connectivity index (χ4n) is 9.63. The zero-order valence-electron chi connectivity index (χ0n) is 22.8. The maximum Gasteiger partial charge on any atom is 0.311 e. The lowest BCUT2D eigenvalue weighted by atomic mass is 9.46. The number of ether oxygens (including phenoxy) is 1. The van der Waals surface area contributed by atoms with Crippen molar-refractivity contribution in [2.75, 3.05) is 6.61 Å². The molecule has 0 saturated heterocycles. The van der Waals surface area contributed by atoms with E-state index in [0.29, 0.717) is 12.8 Å². The lowest BCUT2D eigenvalue weighted by molar-refractivity contribution is -0.207. The highest BCUT2D eigenvalue weighted by Gasteiger charge is 2.75. The lowest BCUT2D eigenvalue weighted by Crippen LogP contribution is -2.64. The van der Waals surface area contributed by atoms with Crippen molar-refractivity contribution in [2.24, 2.45) is 51.2 Å². The highest BCUT2D eigenvalue weighted by atomic mass is 16.6. The number of esters is 1. The molecule has 4 saturated carbocycles. The molecule has 0 amide bonds. The average molecular weight is 499 g/mol. The first kappa shape index (κ1) is 25.8. The number of rotatable bonds is 4. The molecular weight excluding hydrogens is 456 g/mol. The second kappa shape index (κ2) is 7.63. The molecule has 0 heterocycles. The molecule has 0 bridgehead atoms. The van der Waals surface area contributed by atoms with E-state index in [9.17, 15) is 24.6 Å². The van der Waals surface area contributed by atoms with E-state index in [4.69, 9.17) is 4.74 Å². The zero-order valence-corrected chi connectivity index (χ0v) is 22.8. The van der Waals surface area contributed by atoms with Gasteiger partial charge in [-0.3, -0.25) is 14.4 Å². The fourth-order valence-corrected chi connectivity index (χ4v) is 9.63. The summed E-state index contributed by atoms with van der Waals surface area (Å²) in [6.45, 7) is 13.6. The SMILES string of the molecule is C[C@@H]1C[C@H]2[C@@H]3CCC4=CC(=O)C=C[C@]4(C)[C@H]3[C@@H](O)C[C@]2(C)[C@@]1(OC(=O)C1C(C)(C)C1(C)C)C(=O)CO. The van der Waals surface area contributed by atoms with Gasteiger partial charge in [0.25, 0.3) is 0 Å². The number of ketones is 2. The molecular formula is C30H42O6. The average Bonchev–Trinajstić information content (AvgIpc) is 3.09. The number of aliphatic hydroxyl groups excluding tert-OH is 2. The zero-order chi connectivity index (χ0) is 26.6. The molecule has 0 aromatic rings. The molecule has 0 radical (unpaired) electrons. The summed E-state index contributed by atoms with van der Waals surface area (Å²) in [6.07, 6.45) is 7.17. The van der Waals surface area contributed by atoms with E-state index in [1.165, 1.54) is 0 Å². The predicted octanol–water partition coefficient (Wildman–Crippen LogP) is 4.04. The van der Waals surface area contributed by atoms with Gasteiger partial charge in [-0.25, -0.2) is 0 Å². The van der Waals surface area contributed by atoms with Gasteiger partial charge in [0.15, 0.2) is 11.4 Å². The van der Waals surface area contributed by atoms with Crippen molar-refractivity contribution in [1.82, 2.24) is 0 Å². The largest absolute Gasteiger partial charge is 0.450 e. The summed E-state index contributed by atoms with van der Waals surface area (Å²) >= 11 is 0. The van der Waals surface area contributed by atoms with Crippen LogP contribution >= 0.6 is 0 Å². The number of fused-ring (bicyclic) bond motifs is 5. The highest BCUT2D eigenvalue weighted by Crippen LogP contribution is 2.72. The van der Waals surface area contributed by atoms with E-state index in [1.54, 1.807) is 12.2 Å². The van der Waals surface area contributed by atoms with E-state index < -0.39 is 34.9 Å². The second-order valence-electron chi connectivity index (χ2n) is 14.0. The minimum atomic E-state index is -1.47. The van der Waals surface area contributed by atoms with Crippen molar-refractivity contribution in [1.29, 1.82) is 0 Å². The standard InChI is InChI=1S/C30H42O6/c1-16-12-20-19-9-8-17-13-18(32)10-11-28(17,6)23(19)21(33)14-29(20,7)30(16,22(34)15-31)36-25(35)24-26(2,3)27(24,4)5/h10-11,13,16,19-21,23-24,31,33H,8-9,12,14-15H2,1-7H3/t16-,19+,20+,21+,23-,28+,29+,30+/m1/s1. The molecule has 6 heteroatoms. The molecule has 36 heavy (non-hydrogen) atoms. The number of carbonyl (C=O) groups excluding carboxylic acids is 3. The molecule has 8 atom stereocenters. The van der Waals surface area contributed by atoms with Crippen LogP contribution in [0.5, 0.6) is 0 Å². The summed E-state index contributed by atoms with van der Waals surface area (Å²) in [5.41, 5.74) is -2.08. The summed E-state index contributed by atoms with van der Waals surface area (Å²) in [7, 11) is 0. The van der Waals surface area contributed by atoms with Gasteiger partial charge in [0.05, 0.1) is 12.0 Å². The Morgan fingerprint density at radius 3 is 2.33 bits per heavy atom. The number of hydrogen-bond donors (Lipinski definition) is 2. The van der Waals surface area contributed by atoms with E-state index in [-0.39, 0.29) is 52.2 Å². The molecule has 0 spiro atoms. The van der Waals surface area contributed by atoms with Crippen LogP contribution in [-0.4, -0.2) is 46.1 Å². The molecule has 0 aliphatic heterocycles. The van der Waals surface area contributed by atoms with Crippen molar-refractivity contribution in [3.63, 3.8) is 0 Å². The molecule has 0 aromatic heterocycles. The minimum absolute atomic E-state index is 0.00375. The maximum absolute atomic E-state index is 13.6. The molecule has 5 rings (SSSR count). The van der Waals surface area contributed by atoms with Gasteiger partial charge in [-0.1, -0.05) is 60.1 Å². The van der Waals surface area contributed by atoms with Crippen molar-refractivity contribution < 1.29 is 29.3 Å². The Balaban J connectivity index is 1.55. The van der Waals surface area contributed by atoms with E-state index in [2.05, 4.69) is 6.92 Å². The number of allylic oxidation sites excluding steroid dienone is 4. The van der Waals surface area contributed by atoms with Gasteiger partial charge < -0.3 is 14.9 Å². The van der Waals surface area contributed by atoms with Gasteiger partial charge >= 0.3 is 5.97 Å². The first-order chi connectivity index (χ1) is 16.6. The van der Waals surface area contributed by atoms with Crippen LogP contribution in [-0.2, 0) is 19.1 Å². The van der Waals surface area contributed by atoms with Gasteiger partial charge in [0.2, 0.25) is 5.78 Å². The number of carbonyl (C=O) groups is 3. The summed E-state index contributed by atoms with van der Waals surface area (Å²) < 4.78 is 6.38. The molecule has 2 N–H and O–H groups in total. The molecule has 0 unspecified atom stereocenters. The monoisotopic (exact) mass is 498 g/mol. The molecule has 6 nitrogen and oxygen atoms in total. The Bertz CT molecular complexity index is 1070. The van der Waals surface area contributed by atoms with E-state index in [1.807, 2.05) is 47.6 Å². The number of hydrogen-bond acceptors (Lipinski definition) is 6. The summed E-state index contributed by atoms with van der Waals surface area (Å²) in [5.74, 6) is -1.35. The van der Waals surface area contributed by atoms with Crippen molar-refractivity contribution in [3.8, 4) is 0 Å². The van der Waals surface area contributed by atoms with Crippen LogP contribution < -0.4 is 0 Å². The fraction of sp³-hybridized carbons (Fsp3) is 0.767. The second-order valence-corrected chi connectivity index (χ2v) is 14.0. The Kier molecular flexibility index (Phi) is 5.48. The van der Waals surface area contributed by atoms with Crippen LogP contribution in [0, 0.1) is 51.2 Å². The summed E-state index contributed by atoms with van der Waals surface area (Å²) in [4.78, 5) is 39.4. The van der Waals surface area contributed by atoms with Gasteiger partial charge in [-0.2, -0.15) is 0 Å². The Morgan fingerprint density at radius 1 is 1.11 bits per heavy atom. The molecule has 0 aromatic carbocycles. The lowest BCUT2D eigenvalue weighted by Gasteiger charge is -2.60. The Labute approximate surface area is 214 Å². The van der Waals surface area contributed by atoms with Gasteiger partial charge in [0, 0.05) is 22.7 Å². The van der Waals surface area contributed by atoms with Crippen molar-refractivity contribution >= 4 is 17.5 Å².